The minimum atomic E-state index is -0.350. The molecule has 0 unspecified atom stereocenters. The standard InChI is InChI=1S/C30H35Cl2N7O4/c1-30(2,3)12-18(13-33)27(40)38-15-19(16-38)37(5)8-9-39-26-17(14-35-29(34-4)36-26)10-20(28(39)41)23-24(31)21(42-6)11-22(43-7)25(23)32/h10-12,14,19H,8-9,15-16H2,1-7H3,(H,34,35,36). The number of carbonyl (C=O) groups is 1. The van der Waals surface area contributed by atoms with E-state index in [4.69, 9.17) is 32.7 Å². The van der Waals surface area contributed by atoms with Crippen LogP contribution >= 0.6 is 23.2 Å². The van der Waals surface area contributed by atoms with E-state index >= 15 is 0 Å². The smallest absolute Gasteiger partial charge is 0.264 e. The van der Waals surface area contributed by atoms with Crippen molar-refractivity contribution < 1.29 is 14.3 Å². The summed E-state index contributed by atoms with van der Waals surface area (Å²) in [7, 11) is 6.58. The van der Waals surface area contributed by atoms with Crippen LogP contribution in [-0.4, -0.2) is 84.2 Å². The van der Waals surface area contributed by atoms with Crippen LogP contribution in [0.15, 0.2) is 34.8 Å². The average Bonchev–Trinajstić information content (AvgIpc) is 2.94. The Kier molecular flexibility index (Phi) is 9.54. The number of carbonyl (C=O) groups excluding carboxylic acids is 1. The molecule has 1 amide bonds. The molecule has 0 aliphatic carbocycles. The van der Waals surface area contributed by atoms with E-state index < -0.39 is 0 Å². The monoisotopic (exact) mass is 627 g/mol. The number of fused-ring (bicyclic) bond motifs is 1. The van der Waals surface area contributed by atoms with Crippen molar-refractivity contribution in [2.45, 2.75) is 33.4 Å². The van der Waals surface area contributed by atoms with Crippen LogP contribution in [0.25, 0.3) is 22.2 Å². The molecular formula is C30H35Cl2N7O4. The van der Waals surface area contributed by atoms with Crippen molar-refractivity contribution in [3.63, 3.8) is 0 Å². The van der Waals surface area contributed by atoms with Gasteiger partial charge in [0.1, 0.15) is 28.8 Å². The minimum Gasteiger partial charge on any atom is -0.495 e. The van der Waals surface area contributed by atoms with Crippen LogP contribution in [0.3, 0.4) is 0 Å². The third kappa shape index (κ3) is 6.56. The summed E-state index contributed by atoms with van der Waals surface area (Å²) in [6.45, 7) is 7.57. The fraction of sp³-hybridized carbons (Fsp3) is 0.433. The number of nitrogens with one attached hydrogen (secondary N) is 1. The number of rotatable bonds is 9. The van der Waals surface area contributed by atoms with Gasteiger partial charge in [0.05, 0.1) is 29.8 Å². The second-order valence-corrected chi connectivity index (χ2v) is 12.2. The lowest BCUT2D eigenvalue weighted by Crippen LogP contribution is -2.60. The van der Waals surface area contributed by atoms with E-state index in [1.165, 1.54) is 14.2 Å². The van der Waals surface area contributed by atoms with Gasteiger partial charge in [-0.2, -0.15) is 10.2 Å². The molecule has 2 aromatic heterocycles. The van der Waals surface area contributed by atoms with E-state index in [-0.39, 0.29) is 56.2 Å². The molecule has 3 aromatic rings. The van der Waals surface area contributed by atoms with E-state index in [1.54, 1.807) is 40.9 Å². The molecule has 1 aliphatic heterocycles. The number of anilines is 1. The van der Waals surface area contributed by atoms with Crippen LogP contribution < -0.4 is 20.3 Å². The zero-order valence-electron chi connectivity index (χ0n) is 25.3. The highest BCUT2D eigenvalue weighted by atomic mass is 35.5. The van der Waals surface area contributed by atoms with Crippen molar-refractivity contribution in [2.24, 2.45) is 5.41 Å². The van der Waals surface area contributed by atoms with Crippen LogP contribution in [-0.2, 0) is 11.3 Å². The summed E-state index contributed by atoms with van der Waals surface area (Å²) in [5.74, 6) is 0.722. The molecule has 0 atom stereocenters. The number of ether oxygens (including phenoxy) is 2. The fourth-order valence-corrected chi connectivity index (χ4v) is 5.58. The number of aromatic nitrogens is 3. The molecule has 1 N–H and O–H groups in total. The molecule has 43 heavy (non-hydrogen) atoms. The number of nitriles is 1. The fourth-order valence-electron chi connectivity index (χ4n) is 4.87. The van der Waals surface area contributed by atoms with E-state index in [1.807, 2.05) is 33.9 Å². The first-order chi connectivity index (χ1) is 20.3. The number of amides is 1. The van der Waals surface area contributed by atoms with Crippen molar-refractivity contribution in [3.8, 4) is 28.7 Å². The van der Waals surface area contributed by atoms with Gasteiger partial charge in [-0.05, 0) is 18.5 Å². The summed E-state index contributed by atoms with van der Waals surface area (Å²) in [6.07, 6.45) is 3.33. The SMILES string of the molecule is CNc1ncc2cc(-c3c(Cl)c(OC)cc(OC)c3Cl)c(=O)n(CCN(C)C3CN(C(=O)C(C#N)=CC(C)(C)C)C3)c2n1. The quantitative estimate of drug-likeness (QED) is 0.270. The third-order valence-corrected chi connectivity index (χ3v) is 8.02. The Hall–Kier alpha value is -3.85. The number of nitrogens with zero attached hydrogens (tertiary/aromatic N) is 6. The van der Waals surface area contributed by atoms with Crippen molar-refractivity contribution in [1.29, 1.82) is 5.26 Å². The highest BCUT2D eigenvalue weighted by Crippen LogP contribution is 2.45. The molecule has 228 valence electrons. The number of allylic oxidation sites excluding steroid dienone is 1. The van der Waals surface area contributed by atoms with Crippen LogP contribution in [0.4, 0.5) is 5.95 Å². The lowest BCUT2D eigenvalue weighted by Gasteiger charge is -2.44. The summed E-state index contributed by atoms with van der Waals surface area (Å²) in [5.41, 5.74) is 0.495. The van der Waals surface area contributed by atoms with E-state index in [2.05, 4.69) is 20.2 Å². The number of likely N-dealkylation sites (N-methyl/N-ethyl adjacent to an activating group) is 1. The molecule has 0 saturated carbocycles. The predicted octanol–water partition coefficient (Wildman–Crippen LogP) is 4.46. The number of benzene rings is 1. The lowest BCUT2D eigenvalue weighted by atomic mass is 9.93. The number of halogens is 2. The van der Waals surface area contributed by atoms with Gasteiger partial charge in [-0.3, -0.25) is 19.1 Å². The summed E-state index contributed by atoms with van der Waals surface area (Å²) in [4.78, 5) is 39.6. The second kappa shape index (κ2) is 12.8. The van der Waals surface area contributed by atoms with Gasteiger partial charge < -0.3 is 19.7 Å². The number of likely N-dealkylation sites (tertiary alicyclic amines) is 1. The van der Waals surface area contributed by atoms with Gasteiger partial charge in [0.2, 0.25) is 5.95 Å². The normalized spacial score (nSPS) is 14.1. The van der Waals surface area contributed by atoms with Crippen molar-refractivity contribution in [3.05, 3.63) is 50.4 Å². The molecule has 3 heterocycles. The van der Waals surface area contributed by atoms with Gasteiger partial charge in [-0.25, -0.2) is 4.98 Å². The summed E-state index contributed by atoms with van der Waals surface area (Å²) in [6, 6.07) is 5.33. The van der Waals surface area contributed by atoms with Crippen LogP contribution in [0.2, 0.25) is 10.0 Å². The number of methoxy groups -OCH3 is 2. The average molecular weight is 629 g/mol. The Morgan fingerprint density at radius 1 is 1.21 bits per heavy atom. The maximum Gasteiger partial charge on any atom is 0.264 e. The Morgan fingerprint density at radius 2 is 1.84 bits per heavy atom. The molecular weight excluding hydrogens is 593 g/mol. The first-order valence-corrected chi connectivity index (χ1v) is 14.4. The topological polar surface area (TPSA) is 126 Å². The lowest BCUT2D eigenvalue weighted by molar-refractivity contribution is -0.133. The van der Waals surface area contributed by atoms with Gasteiger partial charge in [0, 0.05) is 62.5 Å². The van der Waals surface area contributed by atoms with Crippen molar-refractivity contribution >= 4 is 46.1 Å². The molecule has 4 rings (SSSR count). The molecule has 0 spiro atoms. The van der Waals surface area contributed by atoms with Crippen molar-refractivity contribution in [1.82, 2.24) is 24.3 Å². The van der Waals surface area contributed by atoms with Crippen LogP contribution in [0.1, 0.15) is 20.8 Å². The molecule has 13 heteroatoms. The molecule has 0 radical (unpaired) electrons. The molecule has 1 aliphatic rings. The maximum atomic E-state index is 14.1. The highest BCUT2D eigenvalue weighted by Gasteiger charge is 2.35. The molecule has 1 aromatic carbocycles. The zero-order chi connectivity index (χ0) is 31.6. The van der Waals surface area contributed by atoms with Gasteiger partial charge in [0.15, 0.2) is 0 Å². The van der Waals surface area contributed by atoms with E-state index in [9.17, 15) is 14.9 Å². The molecule has 1 saturated heterocycles. The zero-order valence-corrected chi connectivity index (χ0v) is 26.8. The van der Waals surface area contributed by atoms with Crippen LogP contribution in [0, 0.1) is 16.7 Å². The summed E-state index contributed by atoms with van der Waals surface area (Å²) >= 11 is 13.4. The van der Waals surface area contributed by atoms with Gasteiger partial charge >= 0.3 is 0 Å². The Labute approximate surface area is 260 Å². The second-order valence-electron chi connectivity index (χ2n) is 11.4. The molecule has 0 bridgehead atoms. The molecule has 1 fully saturated rings. The number of hydrogen-bond donors (Lipinski definition) is 1. The predicted molar refractivity (Wildman–Crippen MR) is 168 cm³/mol. The van der Waals surface area contributed by atoms with Gasteiger partial charge in [-0.1, -0.05) is 50.0 Å². The van der Waals surface area contributed by atoms with Gasteiger partial charge in [-0.15, -0.1) is 0 Å². The van der Waals surface area contributed by atoms with Crippen molar-refractivity contribution in [2.75, 3.05) is 53.3 Å². The Balaban J connectivity index is 1.65. The summed E-state index contributed by atoms with van der Waals surface area (Å²) < 4.78 is 12.4. The van der Waals surface area contributed by atoms with Crippen LogP contribution in [0.5, 0.6) is 11.5 Å². The Bertz CT molecular complexity index is 1660. The van der Waals surface area contributed by atoms with E-state index in [0.717, 1.165) is 0 Å². The highest BCUT2D eigenvalue weighted by molar-refractivity contribution is 6.41. The Morgan fingerprint density at radius 3 is 2.37 bits per heavy atom. The first-order valence-electron chi connectivity index (χ1n) is 13.6. The largest absolute Gasteiger partial charge is 0.495 e. The number of pyridine rings is 1. The van der Waals surface area contributed by atoms with E-state index in [0.29, 0.717) is 48.1 Å². The summed E-state index contributed by atoms with van der Waals surface area (Å²) in [5, 5.41) is 13.4. The number of hydrogen-bond acceptors (Lipinski definition) is 9. The first kappa shape index (κ1) is 32.1. The minimum absolute atomic E-state index is 0.0673. The maximum absolute atomic E-state index is 14.1. The molecule has 11 nitrogen and oxygen atoms in total. The third-order valence-electron chi connectivity index (χ3n) is 7.27. The van der Waals surface area contributed by atoms with Gasteiger partial charge in [0.25, 0.3) is 11.5 Å².